The van der Waals surface area contributed by atoms with E-state index in [0.717, 1.165) is 27.4 Å². The number of rotatable bonds is 4. The lowest BCUT2D eigenvalue weighted by Gasteiger charge is -2.08. The number of pyridine rings is 1. The van der Waals surface area contributed by atoms with E-state index in [0.29, 0.717) is 18.7 Å². The minimum atomic E-state index is 0.498. The first-order valence-electron chi connectivity index (χ1n) is 7.52. The molecule has 24 heavy (non-hydrogen) atoms. The van der Waals surface area contributed by atoms with Crippen LogP contribution >= 0.6 is 0 Å². The van der Waals surface area contributed by atoms with Crippen LogP contribution in [-0.2, 0) is 6.54 Å². The molecule has 0 amide bonds. The van der Waals surface area contributed by atoms with Gasteiger partial charge in [-0.05, 0) is 41.1 Å². The second-order valence-corrected chi connectivity index (χ2v) is 5.36. The Kier molecular flexibility index (Phi) is 3.52. The zero-order chi connectivity index (χ0) is 16.4. The third-order valence-electron chi connectivity index (χ3n) is 3.77. The summed E-state index contributed by atoms with van der Waals surface area (Å²) in [6, 6.07) is 13.9. The van der Waals surface area contributed by atoms with Crippen molar-refractivity contribution in [2.24, 2.45) is 0 Å². The summed E-state index contributed by atoms with van der Waals surface area (Å²) in [6.45, 7) is 1.10. The van der Waals surface area contributed by atoms with Crippen LogP contribution in [0.4, 0.5) is 0 Å². The van der Waals surface area contributed by atoms with Crippen molar-refractivity contribution in [2.75, 3.05) is 6.61 Å². The molecule has 0 radical (unpaired) electrons. The highest BCUT2D eigenvalue weighted by atomic mass is 16.5. The lowest BCUT2D eigenvalue weighted by molar-refractivity contribution is 0.282. The molecule has 0 fully saturated rings. The number of hydrogen-bond donors (Lipinski definition) is 0. The van der Waals surface area contributed by atoms with Crippen molar-refractivity contribution in [1.82, 2.24) is 20.0 Å². The molecule has 116 valence electrons. The summed E-state index contributed by atoms with van der Waals surface area (Å²) in [4.78, 5) is 5.93. The number of nitrogens with zero attached hydrogens (tertiary/aromatic N) is 5. The Morgan fingerprint density at radius 3 is 2.71 bits per heavy atom. The molecular formula is C18H13N5O. The smallest absolute Gasteiger partial charge is 0.120 e. The summed E-state index contributed by atoms with van der Waals surface area (Å²) in [5.41, 5.74) is 1.42. The number of benzene rings is 2. The molecule has 2 aromatic heterocycles. The van der Waals surface area contributed by atoms with Crippen molar-refractivity contribution in [3.63, 3.8) is 0 Å². The largest absolute Gasteiger partial charge is 0.492 e. The Labute approximate surface area is 137 Å². The van der Waals surface area contributed by atoms with Crippen molar-refractivity contribution in [3.8, 4) is 11.8 Å². The molecule has 0 unspecified atom stereocenters. The highest BCUT2D eigenvalue weighted by Gasteiger charge is 2.03. The lowest BCUT2D eigenvalue weighted by atomic mass is 10.1. The maximum atomic E-state index is 8.98. The van der Waals surface area contributed by atoms with Gasteiger partial charge in [-0.25, -0.2) is 0 Å². The van der Waals surface area contributed by atoms with Gasteiger partial charge in [0, 0.05) is 11.6 Å². The first kappa shape index (κ1) is 14.2. The van der Waals surface area contributed by atoms with E-state index < -0.39 is 0 Å². The van der Waals surface area contributed by atoms with Gasteiger partial charge in [-0.1, -0.05) is 6.07 Å². The number of aromatic nitrogens is 4. The summed E-state index contributed by atoms with van der Waals surface area (Å²) >= 11 is 0. The third kappa shape index (κ3) is 2.75. The van der Waals surface area contributed by atoms with E-state index in [1.807, 2.05) is 36.4 Å². The fourth-order valence-electron chi connectivity index (χ4n) is 2.61. The Bertz CT molecular complexity index is 1050. The average molecular weight is 315 g/mol. The van der Waals surface area contributed by atoms with Crippen LogP contribution in [0.25, 0.3) is 21.7 Å². The van der Waals surface area contributed by atoms with Crippen molar-refractivity contribution in [2.45, 2.75) is 6.54 Å². The van der Waals surface area contributed by atoms with Gasteiger partial charge in [0.25, 0.3) is 0 Å². The van der Waals surface area contributed by atoms with Gasteiger partial charge >= 0.3 is 0 Å². The standard InChI is InChI=1S/C18H13N5O/c19-11-13-7-16-8-14-1-2-17(9-15(14)10-18(16)20-12-13)24-6-5-23-21-3-4-22-23/h1-4,7-10,12H,5-6H2. The lowest BCUT2D eigenvalue weighted by Crippen LogP contribution is -2.10. The van der Waals surface area contributed by atoms with Gasteiger partial charge in [0.05, 0.1) is 30.0 Å². The van der Waals surface area contributed by atoms with Gasteiger partial charge < -0.3 is 4.74 Å². The van der Waals surface area contributed by atoms with Crippen LogP contribution in [0.3, 0.4) is 0 Å². The number of fused-ring (bicyclic) bond motifs is 2. The summed E-state index contributed by atoms with van der Waals surface area (Å²) < 4.78 is 5.77. The van der Waals surface area contributed by atoms with E-state index in [-0.39, 0.29) is 0 Å². The van der Waals surface area contributed by atoms with Crippen LogP contribution in [-0.4, -0.2) is 26.6 Å². The SMILES string of the molecule is N#Cc1cnc2cc3cc(OCCn4nccn4)ccc3cc2c1. The second-order valence-electron chi connectivity index (χ2n) is 5.36. The molecule has 0 bridgehead atoms. The minimum absolute atomic E-state index is 0.498. The van der Waals surface area contributed by atoms with E-state index >= 15 is 0 Å². The predicted octanol–water partition coefficient (Wildman–Crippen LogP) is 2.93. The molecule has 0 saturated heterocycles. The molecule has 0 aliphatic carbocycles. The van der Waals surface area contributed by atoms with Crippen molar-refractivity contribution in [3.05, 3.63) is 60.6 Å². The van der Waals surface area contributed by atoms with Gasteiger partial charge in [-0.3, -0.25) is 4.98 Å². The molecule has 4 aromatic rings. The minimum Gasteiger partial charge on any atom is -0.492 e. The Balaban J connectivity index is 1.60. The Hall–Kier alpha value is -3.46. The molecule has 6 heteroatoms. The zero-order valence-corrected chi connectivity index (χ0v) is 12.8. The average Bonchev–Trinajstić information content (AvgIpc) is 3.13. The number of nitriles is 1. The molecule has 0 aliphatic rings. The molecule has 4 rings (SSSR count). The summed E-state index contributed by atoms with van der Waals surface area (Å²) in [6.07, 6.45) is 4.88. The van der Waals surface area contributed by atoms with E-state index in [1.165, 1.54) is 0 Å². The van der Waals surface area contributed by atoms with Crippen molar-refractivity contribution in [1.29, 1.82) is 5.26 Å². The van der Waals surface area contributed by atoms with Crippen LogP contribution < -0.4 is 4.74 Å². The number of ether oxygens (including phenoxy) is 1. The van der Waals surface area contributed by atoms with Crippen LogP contribution in [0.1, 0.15) is 5.56 Å². The van der Waals surface area contributed by atoms with E-state index in [2.05, 4.69) is 21.3 Å². The highest BCUT2D eigenvalue weighted by Crippen LogP contribution is 2.25. The molecule has 0 spiro atoms. The van der Waals surface area contributed by atoms with Gasteiger partial charge in [-0.2, -0.15) is 20.3 Å². The van der Waals surface area contributed by atoms with E-state index in [1.54, 1.807) is 23.4 Å². The predicted molar refractivity (Wildman–Crippen MR) is 89.5 cm³/mol. The zero-order valence-electron chi connectivity index (χ0n) is 12.8. The van der Waals surface area contributed by atoms with Gasteiger partial charge in [0.1, 0.15) is 18.4 Å². The summed E-state index contributed by atoms with van der Waals surface area (Å²) in [7, 11) is 0. The summed E-state index contributed by atoms with van der Waals surface area (Å²) in [5, 5.41) is 20.2. The molecule has 0 saturated carbocycles. The highest BCUT2D eigenvalue weighted by molar-refractivity contribution is 5.97. The normalized spacial score (nSPS) is 10.8. The Morgan fingerprint density at radius 2 is 1.88 bits per heavy atom. The molecule has 0 atom stereocenters. The molecule has 2 aromatic carbocycles. The van der Waals surface area contributed by atoms with Gasteiger partial charge in [-0.15, -0.1) is 0 Å². The molecule has 6 nitrogen and oxygen atoms in total. The van der Waals surface area contributed by atoms with Crippen molar-refractivity contribution < 1.29 is 4.74 Å². The van der Waals surface area contributed by atoms with Crippen LogP contribution in [0.5, 0.6) is 5.75 Å². The second kappa shape index (κ2) is 5.97. The van der Waals surface area contributed by atoms with Crippen LogP contribution in [0.15, 0.2) is 55.0 Å². The topological polar surface area (TPSA) is 76.6 Å². The maximum absolute atomic E-state index is 8.98. The monoisotopic (exact) mass is 315 g/mol. The van der Waals surface area contributed by atoms with Gasteiger partial charge in [0.15, 0.2) is 0 Å². The first-order valence-corrected chi connectivity index (χ1v) is 7.52. The number of hydrogen-bond acceptors (Lipinski definition) is 5. The molecule has 0 N–H and O–H groups in total. The quantitative estimate of drug-likeness (QED) is 0.541. The maximum Gasteiger partial charge on any atom is 0.120 e. The Morgan fingerprint density at radius 1 is 1.00 bits per heavy atom. The summed E-state index contributed by atoms with van der Waals surface area (Å²) in [5.74, 6) is 0.794. The van der Waals surface area contributed by atoms with Crippen molar-refractivity contribution >= 4 is 21.7 Å². The fourth-order valence-corrected chi connectivity index (χ4v) is 2.61. The molecule has 0 aliphatic heterocycles. The van der Waals surface area contributed by atoms with Crippen LogP contribution in [0, 0.1) is 11.3 Å². The molecule has 2 heterocycles. The fraction of sp³-hybridized carbons (Fsp3) is 0.111. The van der Waals surface area contributed by atoms with Crippen LogP contribution in [0.2, 0.25) is 0 Å². The van der Waals surface area contributed by atoms with E-state index in [4.69, 9.17) is 10.00 Å². The van der Waals surface area contributed by atoms with Gasteiger partial charge in [0.2, 0.25) is 0 Å². The first-order chi connectivity index (χ1) is 11.8. The van der Waals surface area contributed by atoms with E-state index in [9.17, 15) is 0 Å². The third-order valence-corrected chi connectivity index (χ3v) is 3.77. The molecular weight excluding hydrogens is 302 g/mol.